The molecule has 0 saturated carbocycles. The van der Waals surface area contributed by atoms with Gasteiger partial charge in [-0.2, -0.15) is 4.80 Å². The molecule has 280 valence electrons. The quantitative estimate of drug-likeness (QED) is 0.181. The second-order valence-electron chi connectivity index (χ2n) is 9.92. The van der Waals surface area contributed by atoms with Crippen LogP contribution in [0.15, 0.2) is 56.2 Å². The number of hydrogen-bond acceptors (Lipinski definition) is 12. The van der Waals surface area contributed by atoms with Crippen LogP contribution in [0, 0.1) is 20.8 Å². The molecule has 8 rings (SSSR count). The number of aromatic nitrogens is 15. The Morgan fingerprint density at radius 3 is 1.31 bits per heavy atom. The van der Waals surface area contributed by atoms with Crippen molar-refractivity contribution in [1.82, 2.24) is 73.6 Å². The van der Waals surface area contributed by atoms with E-state index >= 15 is 0 Å². The Bertz CT molecular complexity index is 1710. The summed E-state index contributed by atoms with van der Waals surface area (Å²) in [7, 11) is 7.53. The van der Waals surface area contributed by atoms with Gasteiger partial charge in [0.15, 0.2) is 29.0 Å². The second kappa shape index (κ2) is 22.7. The number of rotatable bonds is 0. The molecule has 8 aliphatic rings. The zero-order valence-corrected chi connectivity index (χ0v) is 33.5. The number of nitrogens with zero attached hydrogens (tertiary/aromatic N) is 15. The topological polar surface area (TPSA) is 188 Å². The number of anilines is 1. The first-order valence-corrected chi connectivity index (χ1v) is 17.5. The van der Waals surface area contributed by atoms with Gasteiger partial charge < -0.3 is 19.4 Å². The summed E-state index contributed by atoms with van der Waals surface area (Å²) in [4.78, 5) is 38.0. The van der Waals surface area contributed by atoms with Crippen molar-refractivity contribution in [2.24, 2.45) is 28.2 Å². The van der Waals surface area contributed by atoms with Gasteiger partial charge in [-0.15, -0.1) is 10.2 Å². The lowest BCUT2D eigenvalue weighted by Gasteiger charge is -2.05. The third-order valence-electron chi connectivity index (χ3n) is 6.66. The van der Waals surface area contributed by atoms with Gasteiger partial charge in [-0.1, -0.05) is 55.4 Å². The van der Waals surface area contributed by atoms with Crippen LogP contribution in [0.2, 0.25) is 0 Å². The van der Waals surface area contributed by atoms with Crippen molar-refractivity contribution in [2.45, 2.75) is 76.2 Å². The lowest BCUT2D eigenvalue weighted by Crippen LogP contribution is -2.09. The average molecular weight is 713 g/mol. The van der Waals surface area contributed by atoms with E-state index in [2.05, 4.69) is 55.1 Å². The molecular formula is C36H56N16. The highest BCUT2D eigenvalue weighted by Crippen LogP contribution is 2.21. The third-order valence-corrected chi connectivity index (χ3v) is 6.66. The van der Waals surface area contributed by atoms with E-state index in [1.807, 2.05) is 136 Å². The van der Waals surface area contributed by atoms with E-state index in [-0.39, 0.29) is 0 Å². The number of hydrogen-bond donors (Lipinski definition) is 1. The Balaban J connectivity index is 0.000000325. The van der Waals surface area contributed by atoms with Crippen LogP contribution in [0.4, 0.5) is 5.82 Å². The monoisotopic (exact) mass is 712 g/mol. The summed E-state index contributed by atoms with van der Waals surface area (Å²) in [6.45, 7) is 22.0. The minimum Gasteiger partial charge on any atom is -0.380 e. The maximum absolute atomic E-state index is 5.53. The molecule has 0 aromatic rings. The van der Waals surface area contributed by atoms with E-state index in [1.165, 1.54) is 22.3 Å². The van der Waals surface area contributed by atoms with Crippen LogP contribution in [0.25, 0.3) is 46.1 Å². The van der Waals surface area contributed by atoms with Crippen molar-refractivity contribution in [1.29, 1.82) is 0 Å². The highest BCUT2D eigenvalue weighted by Gasteiger charge is 2.13. The van der Waals surface area contributed by atoms with E-state index in [0.29, 0.717) is 17.3 Å². The van der Waals surface area contributed by atoms with E-state index in [1.54, 1.807) is 32.4 Å². The maximum atomic E-state index is 5.53. The number of pyridine rings is 2. The number of nitrogen functional groups attached to an aromatic ring is 1. The molecule has 0 amide bonds. The fourth-order valence-electron chi connectivity index (χ4n) is 4.28. The van der Waals surface area contributed by atoms with E-state index in [9.17, 15) is 0 Å². The van der Waals surface area contributed by atoms with Crippen molar-refractivity contribution in [3.8, 4) is 46.1 Å². The molecule has 0 aliphatic carbocycles. The number of imidazole rings is 4. The lowest BCUT2D eigenvalue weighted by atomic mass is 10.2. The van der Waals surface area contributed by atoms with Gasteiger partial charge in [0.05, 0.1) is 12.0 Å². The molecule has 2 N–H and O–H groups in total. The summed E-state index contributed by atoms with van der Waals surface area (Å²) >= 11 is 0. The van der Waals surface area contributed by atoms with Crippen LogP contribution in [0.5, 0.6) is 0 Å². The van der Waals surface area contributed by atoms with Crippen LogP contribution < -0.4 is 5.73 Å². The first kappa shape index (κ1) is 44.1. The SMILES string of the molecule is CC.CC.CC.CC.Cc1ccn(C)c2ncnc1-2.Cc1ccn(C)c2ncnc1-2.Cc1ncn(C)c2ncnc1-2.Cn1nc2ncnc-2c(N)n1. The fourth-order valence-corrected chi connectivity index (χ4v) is 4.28. The highest BCUT2D eigenvalue weighted by molar-refractivity contribution is 5.63. The molecule has 0 radical (unpaired) electrons. The molecule has 0 bridgehead atoms. The summed E-state index contributed by atoms with van der Waals surface area (Å²) in [6, 6.07) is 4.08. The normalized spacial score (nSPS) is 9.52. The molecule has 0 saturated heterocycles. The van der Waals surface area contributed by atoms with Crippen molar-refractivity contribution >= 4 is 5.82 Å². The Morgan fingerprint density at radius 1 is 0.462 bits per heavy atom. The van der Waals surface area contributed by atoms with Crippen molar-refractivity contribution in [2.75, 3.05) is 5.73 Å². The van der Waals surface area contributed by atoms with Gasteiger partial charge in [-0.3, -0.25) is 0 Å². The van der Waals surface area contributed by atoms with Crippen LogP contribution >= 0.6 is 0 Å². The third kappa shape index (κ3) is 11.3. The summed E-state index contributed by atoms with van der Waals surface area (Å²) < 4.78 is 5.79. The smallest absolute Gasteiger partial charge is 0.205 e. The van der Waals surface area contributed by atoms with E-state index in [4.69, 9.17) is 5.73 Å². The molecule has 52 heavy (non-hydrogen) atoms. The first-order chi connectivity index (χ1) is 25.1. The number of aryl methyl sites for hydroxylation is 7. The molecule has 16 nitrogen and oxygen atoms in total. The maximum Gasteiger partial charge on any atom is 0.205 e. The van der Waals surface area contributed by atoms with Crippen LogP contribution in [0.1, 0.15) is 72.2 Å². The minimum atomic E-state index is 0.356. The molecule has 16 heteroatoms. The summed E-state index contributed by atoms with van der Waals surface area (Å²) in [5.41, 5.74) is 12.2. The van der Waals surface area contributed by atoms with Crippen molar-refractivity contribution < 1.29 is 0 Å². The molecule has 0 aromatic carbocycles. The molecule has 0 fully saturated rings. The number of nitrogens with two attached hydrogens (primary N) is 1. The Kier molecular flexibility index (Phi) is 19.3. The predicted molar refractivity (Wildman–Crippen MR) is 208 cm³/mol. The minimum absolute atomic E-state index is 0.356. The summed E-state index contributed by atoms with van der Waals surface area (Å²) in [5.74, 6) is 3.67. The zero-order chi connectivity index (χ0) is 39.4. The molecular weight excluding hydrogens is 657 g/mol. The Morgan fingerprint density at radius 2 is 0.865 bits per heavy atom. The molecule has 0 atom stereocenters. The first-order valence-electron chi connectivity index (χ1n) is 17.5. The molecule has 8 heterocycles. The fraction of sp³-hybridized carbons (Fsp3) is 0.417. The van der Waals surface area contributed by atoms with Crippen LogP contribution in [0.3, 0.4) is 0 Å². The second-order valence-corrected chi connectivity index (χ2v) is 9.92. The Labute approximate surface area is 308 Å². The largest absolute Gasteiger partial charge is 0.380 e. The van der Waals surface area contributed by atoms with Crippen LogP contribution in [-0.2, 0) is 28.2 Å². The number of fused-ring (bicyclic) bond motifs is 4. The lowest BCUT2D eigenvalue weighted by molar-refractivity contribution is 0.619. The van der Waals surface area contributed by atoms with Crippen molar-refractivity contribution in [3.05, 3.63) is 73.0 Å². The highest BCUT2D eigenvalue weighted by atomic mass is 15.5. The zero-order valence-electron chi connectivity index (χ0n) is 33.5. The van der Waals surface area contributed by atoms with Crippen LogP contribution in [-0.4, -0.2) is 73.6 Å². The standard InChI is InChI=1S/2C8H9N3.C7H8N4.C5H6N6.4C2H6/c2*1-6-3-4-11(2)8-7(6)9-5-10-8;1-5-6-7(9-3-8-6)11(2)4-10-5;1-11-9-4(6)3-5(10-11)8-2-7-3;4*1-2/h2*3-5H,1-2H3;3-4H,1-2H3;2H,1H3,(H2,6,9);4*1-2H3. The molecule has 0 spiro atoms. The predicted octanol–water partition coefficient (Wildman–Crippen LogP) is 6.48. The Hall–Kier alpha value is -5.93. The van der Waals surface area contributed by atoms with Gasteiger partial charge in [0.1, 0.15) is 42.4 Å². The van der Waals surface area contributed by atoms with Gasteiger partial charge in [0.25, 0.3) is 0 Å². The van der Waals surface area contributed by atoms with Gasteiger partial charge in [0, 0.05) is 40.6 Å². The summed E-state index contributed by atoms with van der Waals surface area (Å²) in [5, 5.41) is 7.80. The van der Waals surface area contributed by atoms with Crippen molar-refractivity contribution in [3.63, 3.8) is 0 Å². The average Bonchev–Trinajstić information content (AvgIpc) is 4.01. The van der Waals surface area contributed by atoms with Gasteiger partial charge in [0.2, 0.25) is 5.82 Å². The summed E-state index contributed by atoms with van der Waals surface area (Å²) in [6.07, 6.45) is 11.9. The van der Waals surface area contributed by atoms with Gasteiger partial charge in [-0.25, -0.2) is 44.9 Å². The van der Waals surface area contributed by atoms with Gasteiger partial charge >= 0.3 is 0 Å². The van der Waals surface area contributed by atoms with Gasteiger partial charge in [-0.05, 0) is 44.0 Å². The molecule has 0 aromatic heterocycles. The molecule has 8 aliphatic heterocycles. The van der Waals surface area contributed by atoms with E-state index < -0.39 is 0 Å². The van der Waals surface area contributed by atoms with E-state index in [0.717, 1.165) is 40.2 Å². The molecule has 0 unspecified atom stereocenters.